The maximum Gasteiger partial charge on any atom is 0.335 e. The van der Waals surface area contributed by atoms with E-state index in [9.17, 15) is 85.6 Å². The predicted molar refractivity (Wildman–Crippen MR) is 419 cm³/mol. The van der Waals surface area contributed by atoms with Crippen molar-refractivity contribution >= 4 is 76.5 Å². The molecule has 7 aromatic rings. The van der Waals surface area contributed by atoms with Crippen molar-refractivity contribution in [2.75, 3.05) is 13.7 Å². The summed E-state index contributed by atoms with van der Waals surface area (Å²) >= 11 is 14.2. The third-order valence-electron chi connectivity index (χ3n) is 21.5. The summed E-state index contributed by atoms with van der Waals surface area (Å²) in [5.74, 6) is -19.5. The number of carbonyl (C=O) groups is 9. The number of carbonyl (C=O) groups excluding carboxylic acids is 7. The molecule has 21 N–H and O–H groups in total. The summed E-state index contributed by atoms with van der Waals surface area (Å²) in [5.41, 5.74) is -3.28. The third-order valence-corrected chi connectivity index (χ3v) is 22.2. The van der Waals surface area contributed by atoms with Crippen molar-refractivity contribution in [3.63, 3.8) is 0 Å². The van der Waals surface area contributed by atoms with Crippen molar-refractivity contribution in [2.45, 2.75) is 181 Å². The number of aromatic hydroxyl groups is 4. The number of amides is 7. The standard InChI is InChI=1S/C82H86Cl2N8O29/c1-3-4-5-6-7-8-9-10-11-55(98)87-64-67(101)69(103)72(80(113)114)121-81(64)120-71-52-26-37-27-53(71)117-49-21-16-36(24-44(49)83)65(99)63-78(110)91-62(79(111)112)42-28-38(94)29-51(118-82-70(104)68(102)66(100)54(32-93)119-82)56(42)41-23-34(14-19-46(41)95)59(75(107)92-63)88-76(108)60(37)89-77(109)61-43-30-40(31-48(97)57(43)84)116-50-25-35(15-20-47(50)96)58(85-2)74(106)86-45(73(105)90-61)22-33-12-17-39(115-52)18-13-33/h12-21,23-31,45,54,58-70,72,81-82,85,93-97,99-104H,3-11,22,32H2,1-2H3,(H,86,106)(H,87,98)(H,88,108)(H,89,109)(H,90,105)(H,91,110)(H,92,107)(H,111,112)(H,113,114)/t45-,54-,58-,59-,60-,61+,62+,63+,64-,65-,66-,67-,68+,69+,70+,72+,81-,82+/m1/s1. The van der Waals surface area contributed by atoms with Crippen LogP contribution in [-0.2, 0) is 59.0 Å². The van der Waals surface area contributed by atoms with Crippen LogP contribution in [0.4, 0.5) is 0 Å². The van der Waals surface area contributed by atoms with E-state index in [2.05, 4.69) is 49.5 Å². The van der Waals surface area contributed by atoms with E-state index in [4.69, 9.17) is 56.4 Å². The lowest BCUT2D eigenvalue weighted by molar-refractivity contribution is -0.277. The minimum absolute atomic E-state index is 0.150. The average Bonchev–Trinajstić information content (AvgIpc) is 0.749. The molecule has 0 aromatic heterocycles. The number of aliphatic hydroxyl groups is 7. The Bertz CT molecular complexity index is 5160. The van der Waals surface area contributed by atoms with Crippen LogP contribution >= 0.6 is 23.2 Å². The second-order valence-corrected chi connectivity index (χ2v) is 30.5. The van der Waals surface area contributed by atoms with E-state index in [0.717, 1.165) is 111 Å². The Morgan fingerprint density at radius 2 is 1.16 bits per heavy atom. The molecule has 0 saturated carbocycles. The first-order chi connectivity index (χ1) is 57.8. The van der Waals surface area contributed by atoms with Crippen molar-refractivity contribution in [1.29, 1.82) is 0 Å². The minimum Gasteiger partial charge on any atom is -0.508 e. The maximum absolute atomic E-state index is 16.7. The SMILES string of the molecule is CCCCCCCCCCC(=O)N[C@H]1[C@H](Oc2c3cc4cc2Oc2ccc(cc2Cl)[C@@H](O)[C@@H]2NC(=O)[C@H](NC(=O)[C@@H]4NC(=O)[C@H]4NC(=O)[C@@H](Cc5ccc(cc5)O3)NC(=O)[C@H](NC)c3ccc(O)c(c3)Oc3cc(O)c(Cl)c4c3)c3ccc(O)c(c3)-c3c(O[C@H]4O[C@H](CO)[C@@H](O)[C@H](O)[C@@H]4O)cc(O)cc3[C@@H](C(=O)O)NC2=O)O[C@H](C(=O)O)[C@@H](O)[C@@H]1O. The molecule has 642 valence electrons. The van der Waals surface area contributed by atoms with Crippen molar-refractivity contribution < 1.29 is 143 Å². The number of ether oxygens (including phenoxy) is 7. The topological polar surface area (TPSA) is 577 Å². The highest BCUT2D eigenvalue weighted by Gasteiger charge is 2.52. The molecule has 0 aliphatic carbocycles. The van der Waals surface area contributed by atoms with Gasteiger partial charge in [0.15, 0.2) is 35.1 Å². The van der Waals surface area contributed by atoms with Crippen LogP contribution in [0, 0.1) is 0 Å². The molecular weight excluding hydrogens is 1630 g/mol. The average molecular weight is 1720 g/mol. The van der Waals surface area contributed by atoms with E-state index in [1.165, 1.54) is 49.5 Å². The van der Waals surface area contributed by atoms with Gasteiger partial charge < -0.3 is 142 Å². The Morgan fingerprint density at radius 1 is 0.521 bits per heavy atom. The highest BCUT2D eigenvalue weighted by Crippen LogP contribution is 2.50. The summed E-state index contributed by atoms with van der Waals surface area (Å²) in [6.45, 7) is 1.09. The Hall–Kier alpha value is -11.8. The lowest BCUT2D eigenvalue weighted by Crippen LogP contribution is -2.66. The quantitative estimate of drug-likeness (QED) is 0.0541. The molecule has 2 saturated heterocycles. The summed E-state index contributed by atoms with van der Waals surface area (Å²) in [4.78, 5) is 136. The molecule has 8 aliphatic rings. The molecule has 2 fully saturated rings. The minimum atomic E-state index is -2.47. The van der Waals surface area contributed by atoms with Gasteiger partial charge in [-0.25, -0.2) is 9.59 Å². The Kier molecular flexibility index (Phi) is 26.6. The number of carboxylic acids is 2. The molecule has 17 bridgehead atoms. The van der Waals surface area contributed by atoms with Crippen LogP contribution in [0.25, 0.3) is 11.1 Å². The fourth-order valence-corrected chi connectivity index (χ4v) is 15.5. The van der Waals surface area contributed by atoms with Crippen LogP contribution in [0.1, 0.15) is 140 Å². The molecule has 8 heterocycles. The van der Waals surface area contributed by atoms with Gasteiger partial charge in [-0.2, -0.15) is 0 Å². The van der Waals surface area contributed by atoms with Gasteiger partial charge in [0.1, 0.15) is 125 Å². The normalized spacial score (nSPS) is 26.6. The first-order valence-corrected chi connectivity index (χ1v) is 39.3. The number of halogens is 2. The highest BCUT2D eigenvalue weighted by molar-refractivity contribution is 6.33. The number of phenols is 4. The van der Waals surface area contributed by atoms with Crippen molar-refractivity contribution in [2.24, 2.45) is 0 Å². The van der Waals surface area contributed by atoms with Crippen molar-refractivity contribution in [1.82, 2.24) is 42.5 Å². The van der Waals surface area contributed by atoms with Crippen molar-refractivity contribution in [3.8, 4) is 80.1 Å². The zero-order valence-electron chi connectivity index (χ0n) is 64.2. The number of phenolic OH excluding ortho intramolecular Hbond substituents is 4. The number of aliphatic carboxylic acids is 2. The van der Waals surface area contributed by atoms with Gasteiger partial charge >= 0.3 is 11.9 Å². The van der Waals surface area contributed by atoms with E-state index < -0.39 is 271 Å². The number of rotatable bonds is 18. The Labute approximate surface area is 697 Å². The van der Waals surface area contributed by atoms with E-state index in [0.29, 0.717) is 12.8 Å². The van der Waals surface area contributed by atoms with Gasteiger partial charge in [-0.05, 0) is 114 Å². The third kappa shape index (κ3) is 18.7. The molecular formula is C82H86Cl2N8O29. The smallest absolute Gasteiger partial charge is 0.335 e. The fraction of sp³-hybridized carbons (Fsp3) is 0.378. The van der Waals surface area contributed by atoms with Crippen LogP contribution in [0.2, 0.25) is 10.0 Å². The zero-order valence-corrected chi connectivity index (χ0v) is 65.8. The summed E-state index contributed by atoms with van der Waals surface area (Å²) in [7, 11) is 1.42. The molecule has 18 atom stereocenters. The van der Waals surface area contributed by atoms with Crippen LogP contribution < -0.4 is 66.2 Å². The van der Waals surface area contributed by atoms with Gasteiger partial charge in [0.2, 0.25) is 59.7 Å². The molecule has 7 aromatic carbocycles. The number of nitrogens with one attached hydrogen (secondary N) is 8. The maximum atomic E-state index is 16.7. The van der Waals surface area contributed by atoms with Crippen LogP contribution in [-0.4, -0.2) is 207 Å². The Morgan fingerprint density at radius 3 is 1.84 bits per heavy atom. The molecule has 39 heteroatoms. The predicted octanol–water partition coefficient (Wildman–Crippen LogP) is 3.94. The molecule has 37 nitrogen and oxygen atoms in total. The number of unbranched alkanes of at least 4 members (excludes halogenated alkanes) is 7. The van der Waals surface area contributed by atoms with Gasteiger partial charge in [0.25, 0.3) is 0 Å². The number of hydrogen-bond acceptors (Lipinski definition) is 28. The largest absolute Gasteiger partial charge is 0.508 e. The molecule has 8 aliphatic heterocycles. The molecule has 0 unspecified atom stereocenters. The van der Waals surface area contributed by atoms with Crippen LogP contribution in [0.3, 0.4) is 0 Å². The molecule has 15 rings (SSSR count). The number of fused-ring (bicyclic) bond motifs is 14. The number of likely N-dealkylation sites (N-methyl/N-ethyl adjacent to an activating group) is 1. The number of aliphatic hydroxyl groups excluding tert-OH is 7. The monoisotopic (exact) mass is 1720 g/mol. The molecule has 0 spiro atoms. The zero-order chi connectivity index (χ0) is 86.7. The number of carboxylic acid groups (broad SMARTS) is 2. The summed E-state index contributed by atoms with van der Waals surface area (Å²) in [5, 5.41) is 167. The van der Waals surface area contributed by atoms with Gasteiger partial charge in [-0.1, -0.05) is 105 Å². The first-order valence-electron chi connectivity index (χ1n) is 38.6. The summed E-state index contributed by atoms with van der Waals surface area (Å²) in [6.07, 6.45) is -15.2. The van der Waals surface area contributed by atoms with E-state index in [1.54, 1.807) is 0 Å². The van der Waals surface area contributed by atoms with Crippen LogP contribution in [0.15, 0.2) is 115 Å². The Balaban J connectivity index is 1.04. The lowest BCUT2D eigenvalue weighted by Gasteiger charge is -2.41. The summed E-state index contributed by atoms with van der Waals surface area (Å²) in [6, 6.07) is 4.41. The highest BCUT2D eigenvalue weighted by atomic mass is 35.5. The van der Waals surface area contributed by atoms with Gasteiger partial charge in [0, 0.05) is 47.2 Å². The second-order valence-electron chi connectivity index (χ2n) is 29.8. The molecule has 7 amide bonds. The van der Waals surface area contributed by atoms with Crippen LogP contribution in [0.5, 0.6) is 69.0 Å². The first kappa shape index (κ1) is 87.0. The van der Waals surface area contributed by atoms with E-state index in [1.807, 2.05) is 0 Å². The number of benzene rings is 7. The van der Waals surface area contributed by atoms with Gasteiger partial charge in [0.05, 0.1) is 16.7 Å². The van der Waals surface area contributed by atoms with Gasteiger partial charge in [-0.3, -0.25) is 33.6 Å². The lowest BCUT2D eigenvalue weighted by atomic mass is 9.89. The fourth-order valence-electron chi connectivity index (χ4n) is 15.1. The molecule has 0 radical (unpaired) electrons. The van der Waals surface area contributed by atoms with E-state index in [-0.39, 0.29) is 40.4 Å². The second kappa shape index (κ2) is 37.0. The van der Waals surface area contributed by atoms with Crippen molar-refractivity contribution in [3.05, 3.63) is 164 Å². The number of hydrogen-bond donors (Lipinski definition) is 21. The van der Waals surface area contributed by atoms with Gasteiger partial charge in [-0.15, -0.1) is 0 Å². The molecule has 121 heavy (non-hydrogen) atoms. The van der Waals surface area contributed by atoms with E-state index >= 15 is 24.0 Å². The summed E-state index contributed by atoms with van der Waals surface area (Å²) < 4.78 is 43.9.